The van der Waals surface area contributed by atoms with E-state index in [4.69, 9.17) is 4.74 Å². The van der Waals surface area contributed by atoms with E-state index in [0.29, 0.717) is 6.04 Å². The summed E-state index contributed by atoms with van der Waals surface area (Å²) in [7, 11) is 0. The Morgan fingerprint density at radius 1 is 0.836 bits per heavy atom. The zero-order valence-electron chi connectivity index (χ0n) is 36.0. The number of nitrogens with zero attached hydrogens (tertiary/aromatic N) is 3. The lowest BCUT2D eigenvalue weighted by atomic mass is 9.59. The standard InChI is InChI=1S/C55H55N3OS2/c1-33-29-42-43(55(4,5)28-27-54(42,2)3)32-44(33)57-45-31-36(56(34-17-8-6-9-18-34)35-19-10-7-11-20-35)30-41-37-23-16-24-40-48-39-22-13-15-26-47(39)60-53(48)58(49(37)40)61(50(41)45)51-38-21-12-14-25-46(38)59-52(51)57/h6,8,10,12-16,19-26,29-31,34,44,51-52,61H,7,9,11,17-18,27-28,32H2,1-5H3. The molecule has 0 radical (unpaired) electrons. The molecule has 13 rings (SSSR count). The minimum Gasteiger partial charge on any atom is -0.469 e. The monoisotopic (exact) mass is 837 g/mol. The Labute approximate surface area is 367 Å². The van der Waals surface area contributed by atoms with Crippen molar-refractivity contribution in [1.82, 2.24) is 3.97 Å². The van der Waals surface area contributed by atoms with E-state index in [1.807, 2.05) is 11.3 Å². The molecule has 4 aromatic carbocycles. The normalized spacial score (nSPS) is 27.0. The number of ether oxygens (including phenoxy) is 1. The van der Waals surface area contributed by atoms with Gasteiger partial charge in [0, 0.05) is 59.9 Å². The van der Waals surface area contributed by atoms with Gasteiger partial charge in [0.05, 0.1) is 22.5 Å². The van der Waals surface area contributed by atoms with E-state index in [1.165, 1.54) is 88.3 Å². The maximum atomic E-state index is 7.51. The second-order valence-electron chi connectivity index (χ2n) is 20.1. The molecule has 0 saturated carbocycles. The molecule has 7 aliphatic rings. The highest BCUT2D eigenvalue weighted by Gasteiger charge is 2.54. The number of hydrogen-bond donors (Lipinski definition) is 1. The van der Waals surface area contributed by atoms with Gasteiger partial charge in [0.1, 0.15) is 10.6 Å². The van der Waals surface area contributed by atoms with E-state index in [0.717, 1.165) is 44.3 Å². The summed E-state index contributed by atoms with van der Waals surface area (Å²) in [6.45, 7) is 12.4. The van der Waals surface area contributed by atoms with Gasteiger partial charge in [0.2, 0.25) is 0 Å². The Hall–Kier alpha value is -4.91. The molecule has 0 spiro atoms. The number of aromatic nitrogens is 1. The highest BCUT2D eigenvalue weighted by molar-refractivity contribution is 8.16. The first-order chi connectivity index (χ1) is 29.7. The van der Waals surface area contributed by atoms with Crippen molar-refractivity contribution in [2.24, 2.45) is 10.8 Å². The van der Waals surface area contributed by atoms with E-state index in [9.17, 15) is 0 Å². The summed E-state index contributed by atoms with van der Waals surface area (Å²) in [4.78, 5) is 8.52. The van der Waals surface area contributed by atoms with Crippen molar-refractivity contribution in [2.45, 2.75) is 114 Å². The SMILES string of the molecule is CC1=CC2=C(CC1N1c3cc(N(C4=CCCC=C4)C4CC=CCC4)cc4c3[SH](C3c5ccccc5OC31)n1c3sc5ccccc5c3c3cccc-4c31)C(C)(C)CCC2(C)C. The van der Waals surface area contributed by atoms with Gasteiger partial charge >= 0.3 is 0 Å². The molecular weight excluding hydrogens is 783 g/mol. The Morgan fingerprint density at radius 3 is 2.52 bits per heavy atom. The van der Waals surface area contributed by atoms with Crippen molar-refractivity contribution in [3.63, 3.8) is 0 Å². The number of allylic oxidation sites excluding steroid dienone is 6. The minimum absolute atomic E-state index is 0.138. The second kappa shape index (κ2) is 13.1. The number of thiol groups is 1. The van der Waals surface area contributed by atoms with Crippen LogP contribution in [-0.4, -0.2) is 22.3 Å². The van der Waals surface area contributed by atoms with E-state index < -0.39 is 11.1 Å². The molecule has 0 fully saturated rings. The highest BCUT2D eigenvalue weighted by atomic mass is 32.2. The summed E-state index contributed by atoms with van der Waals surface area (Å²) in [6.07, 6.45) is 23.6. The predicted molar refractivity (Wildman–Crippen MR) is 261 cm³/mol. The van der Waals surface area contributed by atoms with Crippen LogP contribution in [0.4, 0.5) is 11.4 Å². The number of anilines is 2. The Bertz CT molecular complexity index is 3040. The Balaban J connectivity index is 1.13. The average molecular weight is 838 g/mol. The second-order valence-corrected chi connectivity index (χ2v) is 23.2. The fraction of sp³-hybridized carbons (Fsp3) is 0.345. The molecule has 6 heteroatoms. The lowest BCUT2D eigenvalue weighted by Gasteiger charge is -2.54. The first kappa shape index (κ1) is 36.7. The lowest BCUT2D eigenvalue weighted by molar-refractivity contribution is 0.202. The summed E-state index contributed by atoms with van der Waals surface area (Å²) in [6, 6.07) is 31.2. The third kappa shape index (κ3) is 5.12. The van der Waals surface area contributed by atoms with Gasteiger partial charge in [-0.1, -0.05) is 124 Å². The van der Waals surface area contributed by atoms with Gasteiger partial charge in [0.25, 0.3) is 0 Å². The fourth-order valence-corrected chi connectivity index (χ4v) is 17.3. The largest absolute Gasteiger partial charge is 0.469 e. The molecule has 3 aliphatic heterocycles. The Kier molecular flexibility index (Phi) is 7.86. The quantitative estimate of drug-likeness (QED) is 0.141. The lowest BCUT2D eigenvalue weighted by Crippen LogP contribution is -2.52. The number of thiophene rings is 1. The van der Waals surface area contributed by atoms with Crippen LogP contribution in [0, 0.1) is 10.8 Å². The third-order valence-electron chi connectivity index (χ3n) is 15.7. The van der Waals surface area contributed by atoms with Crippen LogP contribution in [0.1, 0.15) is 96.8 Å². The molecule has 61 heavy (non-hydrogen) atoms. The zero-order valence-corrected chi connectivity index (χ0v) is 37.8. The van der Waals surface area contributed by atoms with Crippen LogP contribution in [0.3, 0.4) is 0 Å². The van der Waals surface area contributed by atoms with Crippen LogP contribution in [-0.2, 0) is 0 Å². The first-order valence-electron chi connectivity index (χ1n) is 22.9. The summed E-state index contributed by atoms with van der Waals surface area (Å²) in [5.74, 6) is 1.05. The van der Waals surface area contributed by atoms with E-state index in [1.54, 1.807) is 11.1 Å². The van der Waals surface area contributed by atoms with Crippen molar-refractivity contribution in [3.05, 3.63) is 143 Å². The van der Waals surface area contributed by atoms with Gasteiger partial charge in [-0.05, 0) is 105 Å². The molecule has 0 N–H and O–H groups in total. The van der Waals surface area contributed by atoms with Crippen molar-refractivity contribution in [3.8, 4) is 16.9 Å². The smallest absolute Gasteiger partial charge is 0.189 e. The molecule has 0 saturated heterocycles. The van der Waals surface area contributed by atoms with Crippen LogP contribution in [0.15, 0.2) is 143 Å². The van der Waals surface area contributed by atoms with Gasteiger partial charge < -0.3 is 14.5 Å². The summed E-state index contributed by atoms with van der Waals surface area (Å²) < 4.78 is 11.7. The van der Waals surface area contributed by atoms with E-state index >= 15 is 0 Å². The number of para-hydroxylation sites is 2. The molecule has 2 aromatic heterocycles. The zero-order chi connectivity index (χ0) is 40.9. The van der Waals surface area contributed by atoms with Crippen LogP contribution < -0.4 is 14.5 Å². The van der Waals surface area contributed by atoms with Crippen molar-refractivity contribution < 1.29 is 4.74 Å². The van der Waals surface area contributed by atoms with Gasteiger partial charge in [-0.25, -0.2) is 0 Å². The van der Waals surface area contributed by atoms with Crippen molar-refractivity contribution >= 4 is 65.0 Å². The van der Waals surface area contributed by atoms with Crippen molar-refractivity contribution in [2.75, 3.05) is 9.80 Å². The molecule has 308 valence electrons. The van der Waals surface area contributed by atoms with Crippen LogP contribution >= 0.6 is 22.4 Å². The maximum Gasteiger partial charge on any atom is 0.189 e. The number of fused-ring (bicyclic) bond motifs is 11. The molecule has 6 aromatic rings. The summed E-state index contributed by atoms with van der Waals surface area (Å²) in [5.41, 5.74) is 14.6. The molecular formula is C55H55N3OS2. The van der Waals surface area contributed by atoms with E-state index in [2.05, 4.69) is 164 Å². The maximum absolute atomic E-state index is 7.51. The van der Waals surface area contributed by atoms with Crippen LogP contribution in [0.2, 0.25) is 0 Å². The molecule has 5 unspecified atom stereocenters. The van der Waals surface area contributed by atoms with Crippen LogP contribution in [0.25, 0.3) is 42.3 Å². The van der Waals surface area contributed by atoms with Gasteiger partial charge in [-0.2, -0.15) is 0 Å². The molecule has 5 heterocycles. The molecule has 0 amide bonds. The molecule has 4 aliphatic carbocycles. The summed E-state index contributed by atoms with van der Waals surface area (Å²) in [5, 5.41) is 4.35. The van der Waals surface area contributed by atoms with Crippen molar-refractivity contribution in [1.29, 1.82) is 0 Å². The van der Waals surface area contributed by atoms with Gasteiger partial charge in [-0.15, -0.1) is 22.4 Å². The van der Waals surface area contributed by atoms with E-state index in [-0.39, 0.29) is 28.3 Å². The minimum atomic E-state index is -0.953. The third-order valence-corrected chi connectivity index (χ3v) is 19.8. The van der Waals surface area contributed by atoms with Gasteiger partial charge in [-0.3, -0.25) is 3.97 Å². The predicted octanol–water partition coefficient (Wildman–Crippen LogP) is 15.1. The molecule has 0 bridgehead atoms. The molecule has 5 atom stereocenters. The number of hydrogen-bond acceptors (Lipinski definition) is 4. The van der Waals surface area contributed by atoms with Crippen LogP contribution in [0.5, 0.6) is 5.75 Å². The summed E-state index contributed by atoms with van der Waals surface area (Å²) >= 11 is 1.03. The Morgan fingerprint density at radius 2 is 1.67 bits per heavy atom. The van der Waals surface area contributed by atoms with Gasteiger partial charge in [0.15, 0.2) is 6.23 Å². The number of benzene rings is 4. The first-order valence-corrected chi connectivity index (χ1v) is 25.1. The number of rotatable bonds is 4. The fourth-order valence-electron chi connectivity index (χ4n) is 12.5. The highest BCUT2D eigenvalue weighted by Crippen LogP contribution is 2.71. The average Bonchev–Trinajstić information content (AvgIpc) is 3.95. The topological polar surface area (TPSA) is 20.6 Å². The molecule has 4 nitrogen and oxygen atoms in total.